The molecule has 0 saturated heterocycles. The molecule has 4 rings (SSSR count). The summed E-state index contributed by atoms with van der Waals surface area (Å²) in [6, 6.07) is 19.9. The van der Waals surface area contributed by atoms with Crippen molar-refractivity contribution in [2.75, 3.05) is 18.1 Å². The summed E-state index contributed by atoms with van der Waals surface area (Å²) in [6.07, 6.45) is 0.0329. The second-order valence-corrected chi connectivity index (χ2v) is 9.66. The molecule has 0 saturated carbocycles. The summed E-state index contributed by atoms with van der Waals surface area (Å²) in [5.74, 6) is 4.19. The lowest BCUT2D eigenvalue weighted by Gasteiger charge is -2.26. The van der Waals surface area contributed by atoms with Crippen LogP contribution >= 0.6 is 0 Å². The minimum absolute atomic E-state index is 0.0329. The summed E-state index contributed by atoms with van der Waals surface area (Å²) in [6.45, 7) is -0.599. The van der Waals surface area contributed by atoms with Gasteiger partial charge >= 0.3 is 5.97 Å². The Labute approximate surface area is 213 Å². The molecular formula is C27H22N2O7S. The second-order valence-electron chi connectivity index (χ2n) is 8.04. The summed E-state index contributed by atoms with van der Waals surface area (Å²) >= 11 is 0. The van der Waals surface area contributed by atoms with Crippen molar-refractivity contribution in [1.82, 2.24) is 5.32 Å². The van der Waals surface area contributed by atoms with E-state index in [4.69, 9.17) is 5.11 Å². The van der Waals surface area contributed by atoms with E-state index >= 15 is 0 Å². The van der Waals surface area contributed by atoms with E-state index in [9.17, 15) is 22.8 Å². The molecule has 1 heterocycles. The van der Waals surface area contributed by atoms with Crippen molar-refractivity contribution in [3.05, 3.63) is 95.1 Å². The Kier molecular flexibility index (Phi) is 7.67. The first-order valence-corrected chi connectivity index (χ1v) is 12.6. The molecule has 9 nitrogen and oxygen atoms in total. The highest BCUT2D eigenvalue weighted by Gasteiger charge is 2.21. The standard InChI is InChI=1S/C27H22N2O7S/c30-25(29-17-22-7-2-1-5-19(22)9-10-20-6-3-4-8-24(20)29)15-16-28-27(33)21-11-13-23(14-12-21)37(34,35)36-18-26(31)32/h1-8,11-14H,15-18H2,(H,28,33)(H,31,32). The summed E-state index contributed by atoms with van der Waals surface area (Å²) in [7, 11) is -4.26. The number of carbonyl (C=O) groups is 3. The van der Waals surface area contributed by atoms with Crippen molar-refractivity contribution in [1.29, 1.82) is 0 Å². The summed E-state index contributed by atoms with van der Waals surface area (Å²) in [4.78, 5) is 37.7. The van der Waals surface area contributed by atoms with E-state index < -0.39 is 28.6 Å². The van der Waals surface area contributed by atoms with Gasteiger partial charge in [0.25, 0.3) is 16.0 Å². The van der Waals surface area contributed by atoms with Crippen LogP contribution in [0.4, 0.5) is 5.69 Å². The predicted molar refractivity (Wildman–Crippen MR) is 134 cm³/mol. The molecule has 1 aliphatic rings. The van der Waals surface area contributed by atoms with E-state index in [0.29, 0.717) is 12.2 Å². The van der Waals surface area contributed by atoms with Crippen LogP contribution < -0.4 is 10.2 Å². The Bertz CT molecular complexity index is 1520. The minimum atomic E-state index is -4.26. The fourth-order valence-electron chi connectivity index (χ4n) is 3.70. The van der Waals surface area contributed by atoms with Gasteiger partial charge in [-0.1, -0.05) is 42.2 Å². The van der Waals surface area contributed by atoms with Gasteiger partial charge in [0, 0.05) is 29.7 Å². The molecule has 0 radical (unpaired) electrons. The number of carbonyl (C=O) groups excluding carboxylic acids is 2. The average molecular weight is 519 g/mol. The van der Waals surface area contributed by atoms with Gasteiger partial charge in [-0.25, -0.2) is 4.79 Å². The number of hydrogen-bond donors (Lipinski definition) is 2. The first-order chi connectivity index (χ1) is 17.7. The maximum Gasteiger partial charge on any atom is 0.331 e. The quantitative estimate of drug-likeness (QED) is 0.346. The van der Waals surface area contributed by atoms with Gasteiger partial charge in [0.05, 0.1) is 17.1 Å². The highest BCUT2D eigenvalue weighted by Crippen LogP contribution is 2.25. The fraction of sp³-hybridized carbons (Fsp3) is 0.148. The van der Waals surface area contributed by atoms with Crippen LogP contribution in [-0.2, 0) is 30.4 Å². The molecule has 0 fully saturated rings. The van der Waals surface area contributed by atoms with Gasteiger partial charge in [-0.2, -0.15) is 8.42 Å². The van der Waals surface area contributed by atoms with Crippen LogP contribution in [0.1, 0.15) is 33.5 Å². The third-order valence-electron chi connectivity index (χ3n) is 5.54. The van der Waals surface area contributed by atoms with Crippen LogP contribution in [0.3, 0.4) is 0 Å². The molecule has 0 aromatic heterocycles. The topological polar surface area (TPSA) is 130 Å². The van der Waals surface area contributed by atoms with Crippen LogP contribution in [0.5, 0.6) is 0 Å². The molecule has 10 heteroatoms. The van der Waals surface area contributed by atoms with Crippen molar-refractivity contribution >= 4 is 33.6 Å². The summed E-state index contributed by atoms with van der Waals surface area (Å²) in [5.41, 5.74) is 3.37. The molecule has 3 aromatic rings. The number of aliphatic carboxylic acids is 1. The molecular weight excluding hydrogens is 496 g/mol. The van der Waals surface area contributed by atoms with Crippen molar-refractivity contribution in [2.24, 2.45) is 0 Å². The van der Waals surface area contributed by atoms with Crippen molar-refractivity contribution < 1.29 is 32.1 Å². The maximum absolute atomic E-state index is 13.2. The molecule has 0 atom stereocenters. The number of nitrogens with zero attached hydrogens (tertiary/aromatic N) is 1. The van der Waals surface area contributed by atoms with E-state index in [2.05, 4.69) is 21.3 Å². The largest absolute Gasteiger partial charge is 0.479 e. The molecule has 0 unspecified atom stereocenters. The molecule has 188 valence electrons. The minimum Gasteiger partial charge on any atom is -0.479 e. The number of hydrogen-bond acceptors (Lipinski definition) is 6. The number of para-hydroxylation sites is 1. The SMILES string of the molecule is O=C(O)COS(=O)(=O)c1ccc(C(=O)NCCC(=O)N2Cc3ccccc3C#Cc3ccccc32)cc1. The highest BCUT2D eigenvalue weighted by atomic mass is 32.2. The lowest BCUT2D eigenvalue weighted by atomic mass is 10.0. The summed E-state index contributed by atoms with van der Waals surface area (Å²) < 4.78 is 28.4. The van der Waals surface area contributed by atoms with Crippen LogP contribution in [0.25, 0.3) is 0 Å². The van der Waals surface area contributed by atoms with Crippen molar-refractivity contribution in [2.45, 2.75) is 17.9 Å². The summed E-state index contributed by atoms with van der Waals surface area (Å²) in [5, 5.41) is 11.3. The second kappa shape index (κ2) is 11.1. The van der Waals surface area contributed by atoms with Crippen LogP contribution in [0.2, 0.25) is 0 Å². The monoisotopic (exact) mass is 518 g/mol. The van der Waals surface area contributed by atoms with Crippen molar-refractivity contribution in [3.63, 3.8) is 0 Å². The lowest BCUT2D eigenvalue weighted by Crippen LogP contribution is -2.35. The third kappa shape index (κ3) is 6.22. The Morgan fingerprint density at radius 2 is 1.57 bits per heavy atom. The Morgan fingerprint density at radius 3 is 2.30 bits per heavy atom. The molecule has 0 bridgehead atoms. The molecule has 2 amide bonds. The Morgan fingerprint density at radius 1 is 0.919 bits per heavy atom. The number of nitrogens with one attached hydrogen (secondary N) is 1. The zero-order chi connectivity index (χ0) is 26.4. The smallest absolute Gasteiger partial charge is 0.331 e. The normalized spacial score (nSPS) is 12.2. The van der Waals surface area contributed by atoms with E-state index in [0.717, 1.165) is 28.8 Å². The average Bonchev–Trinajstić information content (AvgIpc) is 2.89. The lowest BCUT2D eigenvalue weighted by molar-refractivity contribution is -0.139. The van der Waals surface area contributed by atoms with Crippen LogP contribution in [0, 0.1) is 11.8 Å². The zero-order valence-electron chi connectivity index (χ0n) is 19.5. The number of amides is 2. The van der Waals surface area contributed by atoms with Crippen molar-refractivity contribution in [3.8, 4) is 11.8 Å². The van der Waals surface area contributed by atoms with Crippen LogP contribution in [0.15, 0.2) is 77.7 Å². The number of carboxylic acid groups (broad SMARTS) is 1. The fourth-order valence-corrected chi connectivity index (χ4v) is 4.56. The maximum atomic E-state index is 13.2. The molecule has 2 N–H and O–H groups in total. The zero-order valence-corrected chi connectivity index (χ0v) is 20.3. The van der Waals surface area contributed by atoms with E-state index in [-0.39, 0.29) is 29.3 Å². The Balaban J connectivity index is 1.41. The van der Waals surface area contributed by atoms with E-state index in [1.165, 1.54) is 12.1 Å². The molecule has 0 spiro atoms. The van der Waals surface area contributed by atoms with Gasteiger partial charge in [-0.05, 0) is 48.0 Å². The number of benzene rings is 3. The van der Waals surface area contributed by atoms with E-state index in [1.54, 1.807) is 4.90 Å². The number of rotatable bonds is 8. The number of carboxylic acids is 1. The predicted octanol–water partition coefficient (Wildman–Crippen LogP) is 2.54. The van der Waals surface area contributed by atoms with E-state index in [1.807, 2.05) is 48.5 Å². The molecule has 37 heavy (non-hydrogen) atoms. The molecule has 3 aromatic carbocycles. The van der Waals surface area contributed by atoms with Gasteiger partial charge < -0.3 is 15.3 Å². The Hall–Kier alpha value is -4.46. The van der Waals surface area contributed by atoms with Crippen LogP contribution in [-0.4, -0.2) is 44.5 Å². The molecule has 0 aliphatic carbocycles. The number of fused-ring (bicyclic) bond motifs is 2. The van der Waals surface area contributed by atoms with Gasteiger partial charge in [-0.3, -0.25) is 13.8 Å². The van der Waals surface area contributed by atoms with Gasteiger partial charge in [-0.15, -0.1) is 0 Å². The van der Waals surface area contributed by atoms with Gasteiger partial charge in [0.1, 0.15) is 0 Å². The first kappa shape index (κ1) is 25.6. The highest BCUT2D eigenvalue weighted by molar-refractivity contribution is 7.86. The molecule has 1 aliphatic heterocycles. The number of anilines is 1. The first-order valence-electron chi connectivity index (χ1n) is 11.2. The van der Waals surface area contributed by atoms with Gasteiger partial charge in [0.15, 0.2) is 6.61 Å². The third-order valence-corrected chi connectivity index (χ3v) is 6.82. The van der Waals surface area contributed by atoms with Gasteiger partial charge in [0.2, 0.25) is 5.91 Å².